The third-order valence-electron chi connectivity index (χ3n) is 16.2. The van der Waals surface area contributed by atoms with Crippen LogP contribution in [0.1, 0.15) is 95.4 Å². The number of fused-ring (bicyclic) bond motifs is 4. The molecule has 0 spiro atoms. The molecule has 0 saturated carbocycles. The molecule has 0 radical (unpaired) electrons. The van der Waals surface area contributed by atoms with Gasteiger partial charge in [0.15, 0.2) is 0 Å². The van der Waals surface area contributed by atoms with Crippen molar-refractivity contribution in [3.63, 3.8) is 0 Å². The quantitative estimate of drug-likeness (QED) is 0.166. The molecule has 6 aliphatic rings. The summed E-state index contributed by atoms with van der Waals surface area (Å²) in [6.45, 7) is 6.55. The van der Waals surface area contributed by atoms with Gasteiger partial charge in [-0.25, -0.2) is 0 Å². The number of para-hydroxylation sites is 2. The maximum atomic E-state index is 8.82. The molecule has 12 aromatic rings. The summed E-state index contributed by atoms with van der Waals surface area (Å²) in [5, 5.41) is 1.75. The van der Waals surface area contributed by atoms with E-state index in [-0.39, 0.29) is 52.9 Å². The monoisotopic (exact) mass is 1140 g/mol. The second-order valence-electron chi connectivity index (χ2n) is 21.0. The van der Waals surface area contributed by atoms with Crippen molar-refractivity contribution in [3.8, 4) is 34.1 Å². The Morgan fingerprint density at radius 3 is 1.84 bits per heavy atom. The number of imidazole rings is 1. The van der Waals surface area contributed by atoms with E-state index in [1.165, 1.54) is 44.5 Å². The predicted molar refractivity (Wildman–Crippen MR) is 295 cm³/mol. The normalized spacial score (nSPS) is 19.1. The minimum atomic E-state index is -0.706. The fourth-order valence-electron chi connectivity index (χ4n) is 13.2. The van der Waals surface area contributed by atoms with Crippen molar-refractivity contribution in [1.29, 1.82) is 0 Å². The van der Waals surface area contributed by atoms with E-state index in [9.17, 15) is 0 Å². The first-order valence-corrected chi connectivity index (χ1v) is 26.4. The van der Waals surface area contributed by atoms with Crippen molar-refractivity contribution in [3.05, 3.63) is 284 Å². The van der Waals surface area contributed by atoms with Gasteiger partial charge < -0.3 is 0 Å². The Morgan fingerprint density at radius 1 is 0.514 bits per heavy atom. The van der Waals surface area contributed by atoms with Gasteiger partial charge in [0.1, 0.15) is 0 Å². The Hall–Kier alpha value is -8.11. The van der Waals surface area contributed by atoms with Crippen molar-refractivity contribution >= 4 is 32.8 Å². The minimum absolute atomic E-state index is 0.0662. The molecule has 0 atom stereocenters. The molecule has 0 amide bonds. The molecular weight excluding hydrogens is 1080 g/mol. The Labute approximate surface area is 448 Å². The number of benzene rings is 9. The zero-order valence-corrected chi connectivity index (χ0v) is 43.1. The molecule has 5 nitrogen and oxygen atoms in total. The molecule has 0 fully saturated rings. The molecule has 358 valence electrons. The second-order valence-corrected chi connectivity index (χ2v) is 22.0. The third-order valence-corrected chi connectivity index (χ3v) is 17.2. The summed E-state index contributed by atoms with van der Waals surface area (Å²) in [6.07, 6.45) is 1.85. The molecule has 74 heavy (non-hydrogen) atoms. The smallest absolute Gasteiger partial charge is 0.0617 e. The first-order valence-electron chi connectivity index (χ1n) is 27.8. The van der Waals surface area contributed by atoms with Crippen molar-refractivity contribution < 1.29 is 30.9 Å². The van der Waals surface area contributed by atoms with Gasteiger partial charge in [0.05, 0.1) is 6.85 Å². The van der Waals surface area contributed by atoms with Crippen LogP contribution in [0.15, 0.2) is 231 Å². The molecule has 9 aromatic carbocycles. The van der Waals surface area contributed by atoms with Gasteiger partial charge in [-0.15, -0.1) is 0 Å². The van der Waals surface area contributed by atoms with Crippen LogP contribution in [-0.2, 0) is 30.3 Å². The summed E-state index contributed by atoms with van der Waals surface area (Å²) in [4.78, 5) is 4.93. The van der Waals surface area contributed by atoms with E-state index in [1.54, 1.807) is 0 Å². The topological polar surface area (TPSA) is 36.9 Å². The van der Waals surface area contributed by atoms with Crippen LogP contribution in [0.25, 0.3) is 55.5 Å². The van der Waals surface area contributed by atoms with E-state index < -0.39 is 11.6 Å². The van der Waals surface area contributed by atoms with Gasteiger partial charge in [0.2, 0.25) is 0 Å². The molecule has 0 N–H and O–H groups in total. The molecule has 3 aromatic heterocycles. The number of aromatic nitrogens is 4. The number of hydrogen-bond acceptors (Lipinski definition) is 2. The third kappa shape index (κ3) is 6.14. The SMILES string of the molecule is [2H]c1c([2H])c([2H])c(-c2ccc3c(c2)c2ccc(Oc4cccc(-n5[c](=[Pt])n(C67c8ccccc8C(c8ccccc86)C6c8ccccc8C7c7ccccc76)c6ccccc65)c4)cc2n3-c2cc(C(C)(C)C)ccn2)c([2H])c1[2H]. The van der Waals surface area contributed by atoms with Gasteiger partial charge >= 0.3 is 352 Å². The molecule has 0 saturated heterocycles. The molecule has 3 heterocycles. The minimum Gasteiger partial charge on any atom is -0.0617 e. The van der Waals surface area contributed by atoms with E-state index in [0.29, 0.717) is 17.1 Å². The fourth-order valence-corrected chi connectivity index (χ4v) is 14.5. The summed E-state index contributed by atoms with van der Waals surface area (Å²) >= 11 is 2.59. The van der Waals surface area contributed by atoms with E-state index in [0.717, 1.165) is 53.7 Å². The predicted octanol–water partition coefficient (Wildman–Crippen LogP) is 16.3. The number of ether oxygens (including phenoxy) is 1. The average Bonchev–Trinajstić information content (AvgIpc) is 1.97. The van der Waals surface area contributed by atoms with Crippen LogP contribution in [0.2, 0.25) is 0 Å². The summed E-state index contributed by atoms with van der Waals surface area (Å²) in [6, 6.07) is 68.5. The summed E-state index contributed by atoms with van der Waals surface area (Å²) in [5.74, 6) is 2.23. The summed E-state index contributed by atoms with van der Waals surface area (Å²) in [7, 11) is 0. The van der Waals surface area contributed by atoms with E-state index >= 15 is 0 Å². The van der Waals surface area contributed by atoms with Crippen LogP contribution < -0.4 is 4.74 Å². The van der Waals surface area contributed by atoms with Crippen LogP contribution in [0.4, 0.5) is 0 Å². The maximum absolute atomic E-state index is 8.82. The Kier molecular flexibility index (Phi) is 8.42. The van der Waals surface area contributed by atoms with E-state index in [2.05, 4.69) is 199 Å². The van der Waals surface area contributed by atoms with Crippen LogP contribution in [0, 0.1) is 3.80 Å². The van der Waals surface area contributed by atoms with Crippen molar-refractivity contribution in [1.82, 2.24) is 18.7 Å². The van der Waals surface area contributed by atoms with Gasteiger partial charge in [0.25, 0.3) is 0 Å². The summed E-state index contributed by atoms with van der Waals surface area (Å²) in [5.41, 5.74) is 16.8. The van der Waals surface area contributed by atoms with Crippen molar-refractivity contribution in [2.75, 3.05) is 0 Å². The van der Waals surface area contributed by atoms with Gasteiger partial charge in [-0.3, -0.25) is 0 Å². The van der Waals surface area contributed by atoms with Crippen molar-refractivity contribution in [2.45, 2.75) is 49.5 Å². The van der Waals surface area contributed by atoms with Crippen molar-refractivity contribution in [2.24, 2.45) is 0 Å². The van der Waals surface area contributed by atoms with E-state index in [1.807, 2.05) is 54.7 Å². The fraction of sp³-hybridized carbons (Fsp3) is 0.118. The van der Waals surface area contributed by atoms with Crippen LogP contribution >= 0.6 is 0 Å². The van der Waals surface area contributed by atoms with Gasteiger partial charge in [-0.1, -0.05) is 57.0 Å². The standard InChI is InChI=1S/C68H50N4O.Pt/c1-67(2,3)45-36-37-69-63(39-45)72-59-35-32-44(43-18-5-4-6-19-43)38-56(59)49-34-33-48(41-62(49)72)73-47-21-17-20-46(40-47)70-42-71(61-31-16-15-30-60(61)70)68-57-28-13-11-26-54(57)65(55-27-12-14-29-58(55)68)64-50-22-7-9-24-52(50)66(68)53-25-10-8-23-51(53)64;/h4-41,64-66H,1-3H3;/i4D,5D,6D,18D,19D;. The van der Waals surface area contributed by atoms with Crippen LogP contribution in [0.3, 0.4) is 0 Å². The number of rotatable bonds is 6. The van der Waals surface area contributed by atoms with Gasteiger partial charge in [-0.05, 0) is 28.2 Å². The summed E-state index contributed by atoms with van der Waals surface area (Å²) < 4.78 is 57.9. The molecular formula is C68H50N4OPt. The van der Waals surface area contributed by atoms with Crippen LogP contribution in [0.5, 0.6) is 11.5 Å². The molecule has 4 bridgehead atoms. The molecule has 0 aliphatic heterocycles. The first-order chi connectivity index (χ1) is 38.3. The second kappa shape index (κ2) is 16.2. The number of hydrogen-bond donors (Lipinski definition) is 0. The average molecular weight is 1140 g/mol. The number of nitrogens with zero attached hydrogens (tertiary/aromatic N) is 4. The molecule has 6 aliphatic carbocycles. The first kappa shape index (κ1) is 38.5. The zero-order chi connectivity index (χ0) is 53.8. The van der Waals surface area contributed by atoms with Gasteiger partial charge in [0, 0.05) is 6.20 Å². The van der Waals surface area contributed by atoms with Crippen LogP contribution in [-0.4, -0.2) is 18.7 Å². The molecule has 0 unspecified atom stereocenters. The Balaban J connectivity index is 0.913. The van der Waals surface area contributed by atoms with Gasteiger partial charge in [-0.2, -0.15) is 0 Å². The van der Waals surface area contributed by atoms with E-state index in [4.69, 9.17) is 16.6 Å². The Bertz CT molecular complexity index is 4540. The zero-order valence-electron chi connectivity index (χ0n) is 45.8. The Morgan fingerprint density at radius 2 is 1.14 bits per heavy atom. The number of pyridine rings is 1. The molecule has 18 rings (SSSR count). The molecule has 6 heteroatoms.